The smallest absolute Gasteiger partial charge is 0.00416 e. The summed E-state index contributed by atoms with van der Waals surface area (Å²) in [4.78, 5) is 0. The van der Waals surface area contributed by atoms with Gasteiger partial charge in [-0.2, -0.15) is 12.6 Å². The molecule has 0 atom stereocenters. The molecule has 0 saturated heterocycles. The molecule has 0 rings (SSSR count). The first-order valence-corrected chi connectivity index (χ1v) is 9.81. The van der Waals surface area contributed by atoms with Crippen LogP contribution in [0.4, 0.5) is 0 Å². The maximum atomic E-state index is 4.09. The molecule has 0 spiro atoms. The Kier molecular flexibility index (Phi) is 6.54. The molecule has 0 nitrogen and oxygen atoms in total. The lowest BCUT2D eigenvalue weighted by atomic mass is 10.6. The minimum absolute atomic E-state index is 0.493. The average molecular weight is 136 g/mol. The van der Waals surface area contributed by atoms with E-state index in [9.17, 15) is 0 Å². The Hall–Kier alpha value is 0.784. The van der Waals surface area contributed by atoms with Crippen molar-refractivity contribution in [3.63, 3.8) is 0 Å². The van der Waals surface area contributed by atoms with Crippen LogP contribution in [0.1, 0.15) is 6.42 Å². The number of thiol groups is 1. The van der Waals surface area contributed by atoms with Crippen LogP contribution in [0.5, 0.6) is 0 Å². The third-order valence-electron chi connectivity index (χ3n) is 0.762. The fourth-order valence-corrected chi connectivity index (χ4v) is 3.26. The maximum Gasteiger partial charge on any atom is 0.00416 e. The first kappa shape index (κ1) is 6.78. The van der Waals surface area contributed by atoms with E-state index >= 15 is 0 Å². The van der Waals surface area contributed by atoms with E-state index in [4.69, 9.17) is 0 Å². The molecule has 0 aliphatic carbocycles. The Morgan fingerprint density at radius 2 is 2.33 bits per heavy atom. The van der Waals surface area contributed by atoms with Gasteiger partial charge in [-0.05, 0) is 21.9 Å². The molecule has 0 aliphatic heterocycles. The van der Waals surface area contributed by atoms with Crippen LogP contribution in [0.2, 0.25) is 6.04 Å². The van der Waals surface area contributed by atoms with Gasteiger partial charge < -0.3 is 0 Å². The van der Waals surface area contributed by atoms with E-state index in [1.165, 1.54) is 22.2 Å². The lowest BCUT2D eigenvalue weighted by molar-refractivity contribution is 1.10. The van der Waals surface area contributed by atoms with Crippen LogP contribution < -0.4 is 0 Å². The van der Waals surface area contributed by atoms with Crippen LogP contribution in [0.25, 0.3) is 0 Å². The number of hydrogen-bond acceptors (Lipinski definition) is 1. The molecule has 0 N–H and O–H groups in total. The Bertz CT molecular complexity index is 20.8. The summed E-state index contributed by atoms with van der Waals surface area (Å²) in [6.07, 6.45) is 1.37. The Morgan fingerprint density at radius 1 is 1.67 bits per heavy atom. The van der Waals surface area contributed by atoms with E-state index in [2.05, 4.69) is 12.6 Å². The summed E-state index contributed by atoms with van der Waals surface area (Å²) in [5.41, 5.74) is 0. The van der Waals surface area contributed by atoms with Crippen LogP contribution in [0.3, 0.4) is 0 Å². The normalized spacial score (nSPS) is 11.5. The number of rotatable bonds is 3. The quantitative estimate of drug-likeness (QED) is 0.292. The van der Waals surface area contributed by atoms with Crippen molar-refractivity contribution in [1.29, 1.82) is 0 Å². The first-order chi connectivity index (χ1) is 2.91. The van der Waals surface area contributed by atoms with E-state index in [0.29, 0.717) is 9.04 Å². The van der Waals surface area contributed by atoms with Gasteiger partial charge in [-0.25, -0.2) is 0 Å². The standard InChI is InChI=1S/C3H12SSi2/c4-2-1-3-6-5/h4H,1-3,6H2,5H3. The van der Waals surface area contributed by atoms with Gasteiger partial charge in [0.25, 0.3) is 0 Å². The van der Waals surface area contributed by atoms with Gasteiger partial charge in [0.05, 0.1) is 0 Å². The topological polar surface area (TPSA) is 0 Å². The van der Waals surface area contributed by atoms with E-state index in [0.717, 1.165) is 5.75 Å². The van der Waals surface area contributed by atoms with Gasteiger partial charge in [0.15, 0.2) is 0 Å². The van der Waals surface area contributed by atoms with Crippen molar-refractivity contribution in [2.45, 2.75) is 12.5 Å². The van der Waals surface area contributed by atoms with Crippen LogP contribution in [-0.4, -0.2) is 24.5 Å². The zero-order chi connectivity index (χ0) is 4.83. The van der Waals surface area contributed by atoms with Gasteiger partial charge in [0.1, 0.15) is 0 Å². The molecular formula is C3H12SSi2. The summed E-state index contributed by atoms with van der Waals surface area (Å²) in [6, 6.07) is 1.54. The second kappa shape index (κ2) is 5.78. The van der Waals surface area contributed by atoms with Crippen molar-refractivity contribution in [3.05, 3.63) is 0 Å². The summed E-state index contributed by atoms with van der Waals surface area (Å²) in [5.74, 6) is 1.11. The molecule has 0 amide bonds. The van der Waals surface area contributed by atoms with Gasteiger partial charge in [-0.1, -0.05) is 6.04 Å². The van der Waals surface area contributed by atoms with Crippen molar-refractivity contribution in [3.8, 4) is 0 Å². The molecule has 0 aromatic rings. The third kappa shape index (κ3) is 4.78. The second-order valence-electron chi connectivity index (χ2n) is 1.43. The lowest BCUT2D eigenvalue weighted by Gasteiger charge is -1.84. The van der Waals surface area contributed by atoms with Crippen LogP contribution in [-0.2, 0) is 0 Å². The molecule has 0 aromatic heterocycles. The molecule has 0 heterocycles. The predicted octanol–water partition coefficient (Wildman–Crippen LogP) is -0.826. The SMILES string of the molecule is [SiH3][SiH2]CCCS. The highest BCUT2D eigenvalue weighted by atomic mass is 32.1. The number of hydrogen-bond donors (Lipinski definition) is 1. The van der Waals surface area contributed by atoms with Crippen molar-refractivity contribution in [2.24, 2.45) is 0 Å². The van der Waals surface area contributed by atoms with Crippen LogP contribution in [0.15, 0.2) is 0 Å². The maximum absolute atomic E-state index is 4.09. The summed E-state index contributed by atoms with van der Waals surface area (Å²) in [7, 11) is 2.00. The molecule has 0 radical (unpaired) electrons. The van der Waals surface area contributed by atoms with Gasteiger partial charge in [-0.3, -0.25) is 0 Å². The highest BCUT2D eigenvalue weighted by molar-refractivity contribution is 7.80. The minimum Gasteiger partial charge on any atom is -0.179 e. The molecule has 3 heteroatoms. The largest absolute Gasteiger partial charge is 0.179 e. The van der Waals surface area contributed by atoms with E-state index in [-0.39, 0.29) is 0 Å². The zero-order valence-corrected chi connectivity index (χ0v) is 8.58. The lowest BCUT2D eigenvalue weighted by Crippen LogP contribution is -1.86. The predicted molar refractivity (Wildman–Crippen MR) is 41.8 cm³/mol. The summed E-state index contributed by atoms with van der Waals surface area (Å²) >= 11 is 4.09. The molecular weight excluding hydrogens is 124 g/mol. The molecule has 38 valence electrons. The third-order valence-corrected chi connectivity index (χ3v) is 4.41. The van der Waals surface area contributed by atoms with E-state index in [1.807, 2.05) is 0 Å². The summed E-state index contributed by atoms with van der Waals surface area (Å²) in [6.45, 7) is 0. The van der Waals surface area contributed by atoms with Crippen molar-refractivity contribution < 1.29 is 0 Å². The van der Waals surface area contributed by atoms with Crippen LogP contribution in [0, 0.1) is 0 Å². The molecule has 0 aromatic carbocycles. The molecule has 0 bridgehead atoms. The zero-order valence-electron chi connectivity index (χ0n) is 4.28. The molecule has 0 aliphatic rings. The summed E-state index contributed by atoms with van der Waals surface area (Å²) < 4.78 is 0. The fourth-order valence-electron chi connectivity index (χ4n) is 0.362. The molecule has 6 heavy (non-hydrogen) atoms. The highest BCUT2D eigenvalue weighted by Gasteiger charge is 1.76. The Morgan fingerprint density at radius 3 is 2.50 bits per heavy atom. The molecule has 0 saturated carbocycles. The van der Waals surface area contributed by atoms with Crippen molar-refractivity contribution in [2.75, 3.05) is 5.75 Å². The fraction of sp³-hybridized carbons (Fsp3) is 1.00. The molecule has 0 unspecified atom stereocenters. The van der Waals surface area contributed by atoms with Crippen molar-refractivity contribution >= 4 is 31.4 Å². The highest BCUT2D eigenvalue weighted by Crippen LogP contribution is 1.87. The average Bonchev–Trinajstić information content (AvgIpc) is 1.61. The van der Waals surface area contributed by atoms with E-state index in [1.54, 1.807) is 0 Å². The van der Waals surface area contributed by atoms with Gasteiger partial charge in [-0.15, -0.1) is 0 Å². The molecule has 0 fully saturated rings. The Balaban J connectivity index is 2.34. The summed E-state index contributed by atoms with van der Waals surface area (Å²) in [5, 5.41) is 0. The van der Waals surface area contributed by atoms with Crippen molar-refractivity contribution in [1.82, 2.24) is 0 Å². The van der Waals surface area contributed by atoms with E-state index < -0.39 is 0 Å². The second-order valence-corrected chi connectivity index (χ2v) is 6.59. The van der Waals surface area contributed by atoms with Gasteiger partial charge in [0.2, 0.25) is 0 Å². The first-order valence-electron chi connectivity index (χ1n) is 2.52. The van der Waals surface area contributed by atoms with Gasteiger partial charge >= 0.3 is 0 Å². The minimum atomic E-state index is 0.493. The van der Waals surface area contributed by atoms with Crippen LogP contribution >= 0.6 is 12.6 Å². The monoisotopic (exact) mass is 136 g/mol. The Labute approximate surface area is 50.2 Å². The van der Waals surface area contributed by atoms with Gasteiger partial charge in [0, 0.05) is 9.04 Å².